The van der Waals surface area contributed by atoms with E-state index >= 15 is 0 Å². The summed E-state index contributed by atoms with van der Waals surface area (Å²) in [6, 6.07) is 0. The molecule has 0 N–H and O–H groups in total. The number of hydrogen-bond acceptors (Lipinski definition) is 4. The maximum Gasteiger partial charge on any atom is 0.320 e. The Balaban J connectivity index is 4.87. The summed E-state index contributed by atoms with van der Waals surface area (Å²) in [7, 11) is 0. The molecule has 0 bridgehead atoms. The van der Waals surface area contributed by atoms with Gasteiger partial charge < -0.3 is 9.47 Å². The van der Waals surface area contributed by atoms with Crippen LogP contribution in [0.1, 0.15) is 20.3 Å². The van der Waals surface area contributed by atoms with Gasteiger partial charge in [0.25, 0.3) is 0 Å². The molecule has 0 aliphatic carbocycles. The fourth-order valence-electron chi connectivity index (χ4n) is 1.11. The zero-order valence-electron chi connectivity index (χ0n) is 9.92. The van der Waals surface area contributed by atoms with Crippen LogP contribution >= 0.6 is 0 Å². The van der Waals surface area contributed by atoms with Crippen molar-refractivity contribution in [1.82, 2.24) is 0 Å². The van der Waals surface area contributed by atoms with Crippen LogP contribution in [0.25, 0.3) is 0 Å². The lowest BCUT2D eigenvalue weighted by atomic mass is 10.0. The quantitative estimate of drug-likeness (QED) is 0.405. The van der Waals surface area contributed by atoms with Gasteiger partial charge in [0.2, 0.25) is 0 Å². The third kappa shape index (κ3) is 4.89. The van der Waals surface area contributed by atoms with Crippen molar-refractivity contribution in [3.63, 3.8) is 0 Å². The number of halogens is 4. The van der Waals surface area contributed by atoms with Gasteiger partial charge in [0.1, 0.15) is 0 Å². The number of hydrogen-bond donors (Lipinski definition) is 0. The van der Waals surface area contributed by atoms with Crippen molar-refractivity contribution in [2.75, 3.05) is 13.2 Å². The van der Waals surface area contributed by atoms with Crippen LogP contribution in [0, 0.1) is 5.92 Å². The predicted molar refractivity (Wildman–Crippen MR) is 52.3 cm³/mol. The summed E-state index contributed by atoms with van der Waals surface area (Å²) in [6.07, 6.45) is -5.61. The standard InChI is InChI=1S/C10H14F4O4/c1-3-17-7(15)6(8(16)18-4-2)5-10(13,14)9(11)12/h6,9H,3-5H2,1-2H3. The maximum absolute atomic E-state index is 12.8. The van der Waals surface area contributed by atoms with Gasteiger partial charge in [-0.25, -0.2) is 17.6 Å². The molecule has 0 aliphatic heterocycles. The van der Waals surface area contributed by atoms with Gasteiger partial charge in [-0.15, -0.1) is 0 Å². The molecule has 0 aromatic heterocycles. The van der Waals surface area contributed by atoms with Gasteiger partial charge in [-0.1, -0.05) is 0 Å². The first kappa shape index (κ1) is 16.7. The first-order valence-electron chi connectivity index (χ1n) is 5.25. The molecule has 0 atom stereocenters. The molecule has 0 spiro atoms. The Hall–Kier alpha value is -1.34. The number of esters is 2. The number of rotatable bonds is 7. The molecule has 0 aliphatic rings. The Morgan fingerprint density at radius 1 is 1.06 bits per heavy atom. The average Bonchev–Trinajstić information content (AvgIpc) is 2.26. The molecule has 0 amide bonds. The molecule has 4 nitrogen and oxygen atoms in total. The summed E-state index contributed by atoms with van der Waals surface area (Å²) < 4.78 is 58.5. The molecule has 106 valence electrons. The second-order valence-corrected chi connectivity index (χ2v) is 3.32. The van der Waals surface area contributed by atoms with E-state index in [2.05, 4.69) is 9.47 Å². The summed E-state index contributed by atoms with van der Waals surface area (Å²) in [4.78, 5) is 22.5. The SMILES string of the molecule is CCOC(=O)C(CC(F)(F)C(F)F)C(=O)OCC. The summed E-state index contributed by atoms with van der Waals surface area (Å²) >= 11 is 0. The second kappa shape index (κ2) is 7.17. The minimum absolute atomic E-state index is 0.158. The van der Waals surface area contributed by atoms with Crippen molar-refractivity contribution in [2.45, 2.75) is 32.6 Å². The van der Waals surface area contributed by atoms with E-state index in [0.717, 1.165) is 0 Å². The van der Waals surface area contributed by atoms with E-state index in [-0.39, 0.29) is 13.2 Å². The van der Waals surface area contributed by atoms with Crippen LogP contribution in [-0.2, 0) is 19.1 Å². The molecule has 0 aromatic rings. The lowest BCUT2D eigenvalue weighted by molar-refractivity contribution is -0.176. The van der Waals surface area contributed by atoms with Crippen molar-refractivity contribution >= 4 is 11.9 Å². The van der Waals surface area contributed by atoms with Crippen LogP contribution in [0.4, 0.5) is 17.6 Å². The molecule has 0 radical (unpaired) electrons. The minimum Gasteiger partial charge on any atom is -0.465 e. The van der Waals surface area contributed by atoms with Gasteiger partial charge in [0.15, 0.2) is 5.92 Å². The summed E-state index contributed by atoms with van der Waals surface area (Å²) in [5, 5.41) is 0. The number of ether oxygens (including phenoxy) is 2. The first-order valence-corrected chi connectivity index (χ1v) is 5.25. The summed E-state index contributed by atoms with van der Waals surface area (Å²) in [5.41, 5.74) is 0. The highest BCUT2D eigenvalue weighted by Crippen LogP contribution is 2.31. The van der Waals surface area contributed by atoms with Crippen LogP contribution < -0.4 is 0 Å². The minimum atomic E-state index is -4.45. The molecule has 0 fully saturated rings. The van der Waals surface area contributed by atoms with E-state index in [9.17, 15) is 27.2 Å². The van der Waals surface area contributed by atoms with Crippen molar-refractivity contribution in [3.05, 3.63) is 0 Å². The van der Waals surface area contributed by atoms with E-state index in [1.807, 2.05) is 0 Å². The van der Waals surface area contributed by atoms with Gasteiger partial charge in [-0.05, 0) is 13.8 Å². The van der Waals surface area contributed by atoms with E-state index in [4.69, 9.17) is 0 Å². The zero-order chi connectivity index (χ0) is 14.3. The third-order valence-corrected chi connectivity index (χ3v) is 1.94. The number of carbonyl (C=O) groups is 2. The van der Waals surface area contributed by atoms with Crippen LogP contribution in [-0.4, -0.2) is 37.5 Å². The summed E-state index contributed by atoms with van der Waals surface area (Å²) in [5.74, 6) is -9.09. The van der Waals surface area contributed by atoms with Crippen molar-refractivity contribution in [1.29, 1.82) is 0 Å². The van der Waals surface area contributed by atoms with Gasteiger partial charge >= 0.3 is 24.3 Å². The fourth-order valence-corrected chi connectivity index (χ4v) is 1.11. The Bertz CT molecular complexity index is 276. The topological polar surface area (TPSA) is 52.6 Å². The van der Waals surface area contributed by atoms with Crippen molar-refractivity contribution < 1.29 is 36.6 Å². The molecule has 18 heavy (non-hydrogen) atoms. The van der Waals surface area contributed by atoms with Gasteiger partial charge in [-0.2, -0.15) is 0 Å². The summed E-state index contributed by atoms with van der Waals surface area (Å²) in [6.45, 7) is 2.47. The predicted octanol–water partition coefficient (Wildman–Crippen LogP) is 2.02. The Kier molecular flexibility index (Phi) is 6.64. The Morgan fingerprint density at radius 2 is 1.44 bits per heavy atom. The highest BCUT2D eigenvalue weighted by Gasteiger charge is 2.47. The van der Waals surface area contributed by atoms with Gasteiger partial charge in [0.05, 0.1) is 13.2 Å². The zero-order valence-corrected chi connectivity index (χ0v) is 9.92. The smallest absolute Gasteiger partial charge is 0.320 e. The highest BCUT2D eigenvalue weighted by molar-refractivity contribution is 5.95. The van der Waals surface area contributed by atoms with E-state index in [1.54, 1.807) is 0 Å². The Labute approximate surface area is 101 Å². The first-order chi connectivity index (χ1) is 8.26. The molecule has 8 heteroatoms. The molecule has 0 saturated carbocycles. The largest absolute Gasteiger partial charge is 0.465 e. The molecule has 0 unspecified atom stereocenters. The van der Waals surface area contributed by atoms with E-state index in [0.29, 0.717) is 0 Å². The van der Waals surface area contributed by atoms with Crippen LogP contribution in [0.2, 0.25) is 0 Å². The van der Waals surface area contributed by atoms with Crippen molar-refractivity contribution in [2.24, 2.45) is 5.92 Å². The molecule has 0 heterocycles. The Morgan fingerprint density at radius 3 is 1.72 bits per heavy atom. The van der Waals surface area contributed by atoms with E-state index in [1.165, 1.54) is 13.8 Å². The van der Waals surface area contributed by atoms with E-state index < -0.39 is 36.6 Å². The monoisotopic (exact) mass is 274 g/mol. The lowest BCUT2D eigenvalue weighted by Crippen LogP contribution is -2.37. The second-order valence-electron chi connectivity index (χ2n) is 3.32. The van der Waals surface area contributed by atoms with Crippen LogP contribution in [0.5, 0.6) is 0 Å². The molecular formula is C10H14F4O4. The highest BCUT2D eigenvalue weighted by atomic mass is 19.3. The number of carbonyl (C=O) groups excluding carboxylic acids is 2. The van der Waals surface area contributed by atoms with Crippen LogP contribution in [0.3, 0.4) is 0 Å². The van der Waals surface area contributed by atoms with Gasteiger partial charge in [-0.3, -0.25) is 9.59 Å². The molecular weight excluding hydrogens is 260 g/mol. The fraction of sp³-hybridized carbons (Fsp3) is 0.800. The third-order valence-electron chi connectivity index (χ3n) is 1.94. The number of alkyl halides is 4. The van der Waals surface area contributed by atoms with Gasteiger partial charge in [0, 0.05) is 6.42 Å². The van der Waals surface area contributed by atoms with Crippen LogP contribution in [0.15, 0.2) is 0 Å². The lowest BCUT2D eigenvalue weighted by Gasteiger charge is -2.20. The molecule has 0 aromatic carbocycles. The van der Waals surface area contributed by atoms with Crippen molar-refractivity contribution in [3.8, 4) is 0 Å². The average molecular weight is 274 g/mol. The molecule has 0 rings (SSSR count). The maximum atomic E-state index is 12.8. The molecule has 0 saturated heterocycles. The normalized spacial score (nSPS) is 11.8.